The minimum absolute atomic E-state index is 0.297. The van der Waals surface area contributed by atoms with Crippen LogP contribution in [0.5, 0.6) is 5.75 Å². The largest absolute Gasteiger partial charge is 0.573 e. The van der Waals surface area contributed by atoms with Crippen molar-refractivity contribution in [3.05, 3.63) is 58.1 Å². The van der Waals surface area contributed by atoms with Gasteiger partial charge in [0.05, 0.1) is 17.0 Å². The van der Waals surface area contributed by atoms with Crippen LogP contribution in [-0.4, -0.2) is 18.2 Å². The summed E-state index contributed by atoms with van der Waals surface area (Å²) < 4.78 is 40.7. The molecule has 2 aromatic rings. The molecule has 2 fully saturated rings. The summed E-state index contributed by atoms with van der Waals surface area (Å²) in [6, 6.07) is 9.68. The average Bonchev–Trinajstić information content (AvgIpc) is 3.14. The van der Waals surface area contributed by atoms with Crippen molar-refractivity contribution >= 4 is 40.7 Å². The van der Waals surface area contributed by atoms with E-state index in [1.54, 1.807) is 6.92 Å². The van der Waals surface area contributed by atoms with Gasteiger partial charge < -0.3 is 4.74 Å². The first-order chi connectivity index (χ1) is 13.0. The van der Waals surface area contributed by atoms with Crippen molar-refractivity contribution in [3.63, 3.8) is 0 Å². The molecule has 0 unspecified atom stereocenters. The van der Waals surface area contributed by atoms with Crippen molar-refractivity contribution in [2.24, 2.45) is 11.3 Å². The molecule has 1 saturated heterocycles. The highest BCUT2D eigenvalue weighted by molar-refractivity contribution is 6.36. The number of anilines is 1. The van der Waals surface area contributed by atoms with Gasteiger partial charge in [0.25, 0.3) is 0 Å². The van der Waals surface area contributed by atoms with Gasteiger partial charge in [0.2, 0.25) is 11.8 Å². The lowest BCUT2D eigenvalue weighted by Crippen LogP contribution is -2.36. The third-order valence-electron chi connectivity index (χ3n) is 5.25. The van der Waals surface area contributed by atoms with Crippen LogP contribution in [-0.2, 0) is 9.59 Å². The number of rotatable bonds is 3. The summed E-state index contributed by atoms with van der Waals surface area (Å²) in [6.07, 6.45) is -4.78. The molecule has 4 nitrogen and oxygen atoms in total. The molecular formula is C19H12Cl2F3NO3. The maximum Gasteiger partial charge on any atom is 0.573 e. The second kappa shape index (κ2) is 6.12. The number of alkyl halides is 3. The molecule has 0 bridgehead atoms. The number of ether oxygens (including phenoxy) is 1. The van der Waals surface area contributed by atoms with Crippen molar-refractivity contribution in [2.75, 3.05) is 4.90 Å². The van der Waals surface area contributed by atoms with Crippen molar-refractivity contribution < 1.29 is 27.5 Å². The zero-order chi connectivity index (χ0) is 20.4. The molecule has 1 aliphatic carbocycles. The van der Waals surface area contributed by atoms with Crippen LogP contribution in [0.1, 0.15) is 18.4 Å². The Morgan fingerprint density at radius 3 is 2.04 bits per heavy atom. The lowest BCUT2D eigenvalue weighted by molar-refractivity contribution is -0.274. The zero-order valence-corrected chi connectivity index (χ0v) is 15.8. The number of hydrogen-bond acceptors (Lipinski definition) is 3. The Hall–Kier alpha value is -2.25. The molecule has 0 aromatic heterocycles. The standard InChI is InChI=1S/C19H12Cl2F3NO3/c1-18-14(9-2-4-13(5-3-9)28-19(22,23)24)15(18)16(26)25(17(18)27)12-7-10(20)6-11(21)8-12/h2-8,14-15H,1H3/t14-,15-,18-/m0/s1. The zero-order valence-electron chi connectivity index (χ0n) is 14.3. The van der Waals surface area contributed by atoms with Crippen molar-refractivity contribution in [3.8, 4) is 5.75 Å². The van der Waals surface area contributed by atoms with E-state index in [0.29, 0.717) is 21.3 Å². The Bertz CT molecular complexity index is 973. The van der Waals surface area contributed by atoms with Gasteiger partial charge >= 0.3 is 6.36 Å². The van der Waals surface area contributed by atoms with Crippen molar-refractivity contribution in [2.45, 2.75) is 19.2 Å². The second-order valence-corrected chi connectivity index (χ2v) is 7.83. The van der Waals surface area contributed by atoms with E-state index >= 15 is 0 Å². The molecule has 1 heterocycles. The molecule has 146 valence electrons. The van der Waals surface area contributed by atoms with Crippen LogP contribution in [0.25, 0.3) is 0 Å². The number of amides is 2. The van der Waals surface area contributed by atoms with Gasteiger partial charge in [-0.25, -0.2) is 4.90 Å². The molecule has 9 heteroatoms. The van der Waals surface area contributed by atoms with Gasteiger partial charge in [0, 0.05) is 16.0 Å². The quantitative estimate of drug-likeness (QED) is 0.631. The number of hydrogen-bond donors (Lipinski definition) is 0. The number of fused-ring (bicyclic) bond motifs is 1. The summed E-state index contributed by atoms with van der Waals surface area (Å²) in [4.78, 5) is 26.9. The predicted octanol–water partition coefficient (Wildman–Crippen LogP) is 5.19. The Labute approximate surface area is 167 Å². The molecule has 3 atom stereocenters. The highest BCUT2D eigenvalue weighted by Gasteiger charge is 2.77. The lowest BCUT2D eigenvalue weighted by atomic mass is 9.99. The topological polar surface area (TPSA) is 46.6 Å². The van der Waals surface area contributed by atoms with E-state index in [9.17, 15) is 22.8 Å². The summed E-state index contributed by atoms with van der Waals surface area (Å²) in [6.45, 7) is 1.68. The number of imide groups is 1. The van der Waals surface area contributed by atoms with Crippen LogP contribution in [0.15, 0.2) is 42.5 Å². The van der Waals surface area contributed by atoms with Crippen LogP contribution >= 0.6 is 23.2 Å². The molecule has 4 rings (SSSR count). The molecule has 0 spiro atoms. The smallest absolute Gasteiger partial charge is 0.406 e. The monoisotopic (exact) mass is 429 g/mol. The van der Waals surface area contributed by atoms with Crippen LogP contribution in [0.2, 0.25) is 10.0 Å². The fourth-order valence-electron chi connectivity index (χ4n) is 3.99. The Kier molecular flexibility index (Phi) is 4.17. The number of nitrogens with zero attached hydrogens (tertiary/aromatic N) is 1. The van der Waals surface area contributed by atoms with E-state index in [4.69, 9.17) is 23.2 Å². The Morgan fingerprint density at radius 2 is 1.57 bits per heavy atom. The lowest BCUT2D eigenvalue weighted by Gasteiger charge is -2.21. The number of halogens is 5. The fraction of sp³-hybridized carbons (Fsp3) is 0.263. The van der Waals surface area contributed by atoms with Crippen molar-refractivity contribution in [1.82, 2.24) is 0 Å². The Balaban J connectivity index is 1.59. The predicted molar refractivity (Wildman–Crippen MR) is 96.4 cm³/mol. The number of benzene rings is 2. The summed E-state index contributed by atoms with van der Waals surface area (Å²) in [5.74, 6) is -2.13. The first kappa shape index (κ1) is 19.1. The third-order valence-corrected chi connectivity index (χ3v) is 5.68. The normalized spacial score (nSPS) is 26.4. The average molecular weight is 430 g/mol. The molecule has 2 aromatic carbocycles. The Morgan fingerprint density at radius 1 is 1.00 bits per heavy atom. The van der Waals surface area contributed by atoms with Gasteiger partial charge in [-0.3, -0.25) is 9.59 Å². The van der Waals surface area contributed by atoms with Gasteiger partial charge in [-0.05, 0) is 42.8 Å². The minimum Gasteiger partial charge on any atom is -0.406 e. The van der Waals surface area contributed by atoms with Gasteiger partial charge in [0.1, 0.15) is 5.75 Å². The van der Waals surface area contributed by atoms with E-state index in [1.165, 1.54) is 42.5 Å². The maximum atomic E-state index is 13.0. The van der Waals surface area contributed by atoms with E-state index in [-0.39, 0.29) is 17.6 Å². The summed E-state index contributed by atoms with van der Waals surface area (Å²) >= 11 is 11.9. The summed E-state index contributed by atoms with van der Waals surface area (Å²) in [5.41, 5.74) is -0.0562. The van der Waals surface area contributed by atoms with Crippen LogP contribution in [0.4, 0.5) is 18.9 Å². The SMILES string of the molecule is C[C@@]12C(=O)N(c3cc(Cl)cc(Cl)c3)C(=O)[C@@H]1[C@@H]2c1ccc(OC(F)(F)F)cc1. The molecule has 1 saturated carbocycles. The molecular weight excluding hydrogens is 418 g/mol. The molecule has 2 amide bonds. The van der Waals surface area contributed by atoms with E-state index in [1.807, 2.05) is 0 Å². The highest BCUT2D eigenvalue weighted by Crippen LogP contribution is 2.70. The second-order valence-electron chi connectivity index (χ2n) is 6.96. The number of carbonyl (C=O) groups is 2. The van der Waals surface area contributed by atoms with Gasteiger partial charge in [-0.15, -0.1) is 13.2 Å². The summed E-state index contributed by atoms with van der Waals surface area (Å²) in [7, 11) is 0. The van der Waals surface area contributed by atoms with Crippen LogP contribution in [0, 0.1) is 11.3 Å². The van der Waals surface area contributed by atoms with Gasteiger partial charge in [0.15, 0.2) is 0 Å². The first-order valence-electron chi connectivity index (χ1n) is 8.22. The third kappa shape index (κ3) is 2.93. The molecule has 28 heavy (non-hydrogen) atoms. The van der Waals surface area contributed by atoms with E-state index < -0.39 is 23.6 Å². The number of carbonyl (C=O) groups excluding carboxylic acids is 2. The number of piperidine rings is 1. The summed E-state index contributed by atoms with van der Waals surface area (Å²) in [5, 5.41) is 0.594. The molecule has 0 N–H and O–H groups in total. The van der Waals surface area contributed by atoms with Crippen LogP contribution < -0.4 is 9.64 Å². The van der Waals surface area contributed by atoms with Gasteiger partial charge in [-0.1, -0.05) is 35.3 Å². The van der Waals surface area contributed by atoms with Crippen LogP contribution in [0.3, 0.4) is 0 Å². The van der Waals surface area contributed by atoms with Gasteiger partial charge in [-0.2, -0.15) is 0 Å². The van der Waals surface area contributed by atoms with E-state index in [0.717, 1.165) is 4.90 Å². The molecule has 0 radical (unpaired) electrons. The minimum atomic E-state index is -4.78. The molecule has 1 aliphatic heterocycles. The van der Waals surface area contributed by atoms with Crippen molar-refractivity contribution in [1.29, 1.82) is 0 Å². The highest BCUT2D eigenvalue weighted by atomic mass is 35.5. The fourth-order valence-corrected chi connectivity index (χ4v) is 4.50. The van der Waals surface area contributed by atoms with E-state index in [2.05, 4.69) is 4.74 Å². The maximum absolute atomic E-state index is 13.0. The molecule has 2 aliphatic rings. The first-order valence-corrected chi connectivity index (χ1v) is 8.98.